The van der Waals surface area contributed by atoms with Crippen molar-refractivity contribution in [2.45, 2.75) is 55.7 Å². The van der Waals surface area contributed by atoms with Gasteiger partial charge in [0.1, 0.15) is 12.2 Å². The second-order valence-electron chi connectivity index (χ2n) is 5.55. The van der Waals surface area contributed by atoms with E-state index in [2.05, 4.69) is 5.32 Å². The number of aliphatic hydroxyl groups is 6. The lowest BCUT2D eigenvalue weighted by Crippen LogP contribution is -2.39. The molecule has 2 rings (SSSR count). The first-order valence-corrected chi connectivity index (χ1v) is 6.85. The number of nitrogens with one attached hydrogen (secondary N) is 1. The van der Waals surface area contributed by atoms with E-state index in [9.17, 15) is 25.5 Å². The molecule has 8 atom stereocenters. The summed E-state index contributed by atoms with van der Waals surface area (Å²) >= 11 is 0. The second-order valence-corrected chi connectivity index (χ2v) is 5.55. The Bertz CT molecular complexity index is 318. The smallest absolute Gasteiger partial charge is 0.181 e. The third-order valence-corrected chi connectivity index (χ3v) is 4.22. The van der Waals surface area contributed by atoms with Gasteiger partial charge in [-0.25, -0.2) is 0 Å². The normalized spacial score (nSPS) is 46.8. The Balaban J connectivity index is 1.92. The zero-order valence-corrected chi connectivity index (χ0v) is 11.0. The van der Waals surface area contributed by atoms with Crippen LogP contribution in [0.1, 0.15) is 12.8 Å². The van der Waals surface area contributed by atoms with Gasteiger partial charge in [-0.15, -0.1) is 0 Å². The van der Waals surface area contributed by atoms with E-state index in [1.165, 1.54) is 0 Å². The minimum Gasteiger partial charge on any atom is -0.394 e. The van der Waals surface area contributed by atoms with Crippen molar-refractivity contribution in [3.05, 3.63) is 0 Å². The van der Waals surface area contributed by atoms with Gasteiger partial charge in [-0.1, -0.05) is 0 Å². The Morgan fingerprint density at radius 1 is 1.10 bits per heavy atom. The first kappa shape index (κ1) is 16.1. The van der Waals surface area contributed by atoms with Crippen molar-refractivity contribution in [2.75, 3.05) is 13.2 Å². The van der Waals surface area contributed by atoms with E-state index in [0.29, 0.717) is 19.4 Å². The highest BCUT2D eigenvalue weighted by molar-refractivity contribution is 4.94. The molecule has 2 fully saturated rings. The summed E-state index contributed by atoms with van der Waals surface area (Å²) in [4.78, 5) is 0. The quantitative estimate of drug-likeness (QED) is 0.277. The molecule has 0 aromatic carbocycles. The molecular weight excluding hydrogens is 270 g/mol. The highest BCUT2D eigenvalue weighted by Crippen LogP contribution is 2.32. The maximum absolute atomic E-state index is 9.86. The fourth-order valence-corrected chi connectivity index (χ4v) is 2.99. The minimum atomic E-state index is -1.39. The highest BCUT2D eigenvalue weighted by Gasteiger charge is 2.46. The third kappa shape index (κ3) is 3.12. The van der Waals surface area contributed by atoms with E-state index < -0.39 is 49.3 Å². The van der Waals surface area contributed by atoms with Crippen LogP contribution in [0.15, 0.2) is 0 Å². The topological polar surface area (TPSA) is 143 Å². The molecule has 8 nitrogen and oxygen atoms in total. The SMILES string of the molecule is OCC(O)[C@@H]1O[C@@H](O)C(O)C1CC[C@@H]1NCC(O)C1O. The van der Waals surface area contributed by atoms with E-state index in [0.717, 1.165) is 0 Å². The standard InChI is InChI=1S/C12H23NO7/c14-4-8(16)11-5(9(17)12(19)20-11)1-2-6-10(18)7(15)3-13-6/h5-19H,1-4H2/t5?,6-,7?,8?,9?,10?,11+,12+/m0/s1. The largest absolute Gasteiger partial charge is 0.394 e. The average molecular weight is 293 g/mol. The molecule has 0 spiro atoms. The van der Waals surface area contributed by atoms with E-state index in [1.54, 1.807) is 0 Å². The molecule has 118 valence electrons. The molecule has 0 radical (unpaired) electrons. The fraction of sp³-hybridized carbons (Fsp3) is 1.00. The van der Waals surface area contributed by atoms with Gasteiger partial charge >= 0.3 is 0 Å². The Morgan fingerprint density at radius 2 is 1.80 bits per heavy atom. The molecule has 2 aliphatic heterocycles. The fourth-order valence-electron chi connectivity index (χ4n) is 2.99. The summed E-state index contributed by atoms with van der Waals surface area (Å²) in [5.41, 5.74) is 0. The predicted octanol–water partition coefficient (Wildman–Crippen LogP) is -3.49. The van der Waals surface area contributed by atoms with Crippen LogP contribution in [0.25, 0.3) is 0 Å². The molecule has 0 amide bonds. The molecule has 2 aliphatic rings. The van der Waals surface area contributed by atoms with E-state index in [-0.39, 0.29) is 6.04 Å². The van der Waals surface area contributed by atoms with Crippen LogP contribution in [-0.4, -0.2) is 86.6 Å². The van der Waals surface area contributed by atoms with Gasteiger partial charge in [-0.2, -0.15) is 0 Å². The summed E-state index contributed by atoms with van der Waals surface area (Å²) < 4.78 is 5.07. The lowest BCUT2D eigenvalue weighted by atomic mass is 9.88. The number of hydrogen-bond donors (Lipinski definition) is 7. The lowest BCUT2D eigenvalue weighted by Gasteiger charge is -2.25. The molecule has 8 heteroatoms. The zero-order valence-electron chi connectivity index (χ0n) is 11.0. The molecule has 20 heavy (non-hydrogen) atoms. The zero-order chi connectivity index (χ0) is 14.9. The summed E-state index contributed by atoms with van der Waals surface area (Å²) in [5, 5.41) is 60.1. The van der Waals surface area contributed by atoms with E-state index in [1.807, 2.05) is 0 Å². The Kier molecular flexibility index (Phi) is 5.32. The second kappa shape index (κ2) is 6.63. The molecule has 0 bridgehead atoms. The molecule has 0 saturated carbocycles. The molecule has 0 aromatic rings. The lowest BCUT2D eigenvalue weighted by molar-refractivity contribution is -0.149. The van der Waals surface area contributed by atoms with Gasteiger partial charge in [-0.3, -0.25) is 0 Å². The van der Waals surface area contributed by atoms with Crippen LogP contribution in [0.2, 0.25) is 0 Å². The van der Waals surface area contributed by atoms with Crippen molar-refractivity contribution in [1.29, 1.82) is 0 Å². The van der Waals surface area contributed by atoms with E-state index >= 15 is 0 Å². The first-order valence-electron chi connectivity index (χ1n) is 6.85. The molecule has 7 N–H and O–H groups in total. The number of aliphatic hydroxyl groups excluding tert-OH is 6. The number of rotatable bonds is 5. The van der Waals surface area contributed by atoms with Crippen LogP contribution in [0.3, 0.4) is 0 Å². The van der Waals surface area contributed by atoms with Crippen molar-refractivity contribution >= 4 is 0 Å². The summed E-state index contributed by atoms with van der Waals surface area (Å²) in [6.07, 6.45) is -5.43. The number of ether oxygens (including phenoxy) is 1. The van der Waals surface area contributed by atoms with Gasteiger partial charge in [0.25, 0.3) is 0 Å². The van der Waals surface area contributed by atoms with Crippen molar-refractivity contribution < 1.29 is 35.4 Å². The first-order chi connectivity index (χ1) is 9.45. The molecule has 0 aromatic heterocycles. The molecule has 0 aliphatic carbocycles. The van der Waals surface area contributed by atoms with Crippen molar-refractivity contribution in [1.82, 2.24) is 5.32 Å². The van der Waals surface area contributed by atoms with Gasteiger partial charge in [0.15, 0.2) is 6.29 Å². The van der Waals surface area contributed by atoms with E-state index in [4.69, 9.17) is 9.84 Å². The third-order valence-electron chi connectivity index (χ3n) is 4.22. The number of hydrogen-bond acceptors (Lipinski definition) is 8. The summed E-state index contributed by atoms with van der Waals surface area (Å²) in [6.45, 7) is -0.218. The molecule has 5 unspecified atom stereocenters. The molecular formula is C12H23NO7. The molecule has 2 saturated heterocycles. The van der Waals surface area contributed by atoms with Gasteiger partial charge < -0.3 is 40.7 Å². The van der Waals surface area contributed by atoms with Crippen LogP contribution in [0.5, 0.6) is 0 Å². The van der Waals surface area contributed by atoms with Gasteiger partial charge in [0, 0.05) is 18.5 Å². The summed E-state index contributed by atoms with van der Waals surface area (Å²) in [7, 11) is 0. The van der Waals surface area contributed by atoms with Crippen molar-refractivity contribution in [2.24, 2.45) is 5.92 Å². The van der Waals surface area contributed by atoms with Gasteiger partial charge in [0.05, 0.1) is 24.9 Å². The number of β-amino-alcohol motifs (C(OH)–C–C–N with tert-alkyl or cyclic N) is 1. The summed E-state index contributed by atoms with van der Waals surface area (Å²) in [5.74, 6) is -0.543. The monoisotopic (exact) mass is 293 g/mol. The van der Waals surface area contributed by atoms with Crippen LogP contribution in [0.4, 0.5) is 0 Å². The maximum atomic E-state index is 9.86. The van der Waals surface area contributed by atoms with Crippen LogP contribution >= 0.6 is 0 Å². The molecule has 2 heterocycles. The summed E-state index contributed by atoms with van der Waals surface area (Å²) in [6, 6.07) is -0.304. The highest BCUT2D eigenvalue weighted by atomic mass is 16.6. The Labute approximate surface area is 116 Å². The van der Waals surface area contributed by atoms with Crippen molar-refractivity contribution in [3.63, 3.8) is 0 Å². The van der Waals surface area contributed by atoms with Gasteiger partial charge in [0.2, 0.25) is 0 Å². The average Bonchev–Trinajstić information content (AvgIpc) is 2.90. The van der Waals surface area contributed by atoms with Crippen molar-refractivity contribution in [3.8, 4) is 0 Å². The Morgan fingerprint density at radius 3 is 2.35 bits per heavy atom. The van der Waals surface area contributed by atoms with Crippen LogP contribution in [0, 0.1) is 5.92 Å². The maximum Gasteiger partial charge on any atom is 0.181 e. The predicted molar refractivity (Wildman–Crippen MR) is 66.5 cm³/mol. The van der Waals surface area contributed by atoms with Gasteiger partial charge in [-0.05, 0) is 12.8 Å². The Hall–Kier alpha value is -0.320. The minimum absolute atomic E-state index is 0.304. The van der Waals surface area contributed by atoms with Crippen LogP contribution < -0.4 is 5.32 Å². The van der Waals surface area contributed by atoms with Crippen LogP contribution in [-0.2, 0) is 4.74 Å².